The molecule has 0 fully saturated rings. The van der Waals surface area contributed by atoms with Crippen LogP contribution in [0.25, 0.3) is 0 Å². The predicted octanol–water partition coefficient (Wildman–Crippen LogP) is 5.59. The first-order chi connectivity index (χ1) is 22.2. The number of carbonyl (C=O) groups is 3. The number of nitrogens with one attached hydrogen (secondary N) is 1. The minimum absolute atomic E-state index is 0.120. The molecule has 0 saturated carbocycles. The second-order valence-corrected chi connectivity index (χ2v) is 12.4. The number of aromatic carboxylic acids is 1. The van der Waals surface area contributed by atoms with Gasteiger partial charge in [0, 0.05) is 44.3 Å². The van der Waals surface area contributed by atoms with E-state index < -0.39 is 42.8 Å². The average molecular weight is 666 g/mol. The number of carboxylic acid groups (broad SMARTS) is 1. The van der Waals surface area contributed by atoms with Gasteiger partial charge in [-0.05, 0) is 76.1 Å². The van der Waals surface area contributed by atoms with Crippen LogP contribution in [0.2, 0.25) is 0 Å². The molecule has 10 nitrogen and oxygen atoms in total. The zero-order chi connectivity index (χ0) is 34.7. The van der Waals surface area contributed by atoms with Crippen LogP contribution in [0.15, 0.2) is 42.5 Å². The fourth-order valence-electron chi connectivity index (χ4n) is 5.38. The van der Waals surface area contributed by atoms with Crippen LogP contribution >= 0.6 is 0 Å². The Balaban J connectivity index is 1.87. The molecule has 0 spiro atoms. The van der Waals surface area contributed by atoms with Crippen molar-refractivity contribution < 1.29 is 47.2 Å². The number of fused-ring (bicyclic) bond motifs is 1. The number of halogens is 3. The van der Waals surface area contributed by atoms with Crippen LogP contribution in [0.1, 0.15) is 79.2 Å². The largest absolute Gasteiger partial charge is 0.490 e. The van der Waals surface area contributed by atoms with Crippen molar-refractivity contribution >= 4 is 23.5 Å². The molecule has 13 heteroatoms. The Kier molecular flexibility index (Phi) is 14.0. The minimum atomic E-state index is -4.48. The lowest BCUT2D eigenvalue weighted by molar-refractivity contribution is -0.142. The summed E-state index contributed by atoms with van der Waals surface area (Å²) in [6, 6.07) is 10.5. The molecule has 2 aromatic carbocycles. The van der Waals surface area contributed by atoms with Crippen molar-refractivity contribution in [1.82, 2.24) is 9.80 Å². The van der Waals surface area contributed by atoms with Crippen molar-refractivity contribution in [2.75, 3.05) is 38.7 Å². The van der Waals surface area contributed by atoms with Gasteiger partial charge in [-0.3, -0.25) is 14.5 Å². The summed E-state index contributed by atoms with van der Waals surface area (Å²) in [5.41, 5.74) is 1.42. The number of likely N-dealkylation sites (N-methyl/N-ethyl adjacent to an activating group) is 1. The molecule has 47 heavy (non-hydrogen) atoms. The molecule has 2 aromatic rings. The summed E-state index contributed by atoms with van der Waals surface area (Å²) in [6.07, 6.45) is -4.80. The van der Waals surface area contributed by atoms with Crippen LogP contribution < -0.4 is 10.1 Å². The maximum absolute atomic E-state index is 14.2. The molecule has 0 unspecified atom stereocenters. The summed E-state index contributed by atoms with van der Waals surface area (Å²) in [6.45, 7) is 7.00. The van der Waals surface area contributed by atoms with Gasteiger partial charge in [-0.2, -0.15) is 13.2 Å². The second-order valence-electron chi connectivity index (χ2n) is 12.4. The number of aliphatic hydroxyl groups excluding tert-OH is 1. The van der Waals surface area contributed by atoms with E-state index in [0.29, 0.717) is 26.1 Å². The molecule has 3 N–H and O–H groups in total. The summed E-state index contributed by atoms with van der Waals surface area (Å²) in [5.74, 6) is -2.21. The molecule has 0 aromatic heterocycles. The number of anilines is 1. The van der Waals surface area contributed by atoms with Crippen molar-refractivity contribution in [3.05, 3.63) is 59.2 Å². The standard InChI is InChI=1S/C34H46F3N3O7/c1-22-18-40(23(2)21-41)32(43)28-17-27(38-31(42)14-15-34(35,36)37)12-13-29(28)47-24(3)7-5-6-16-46-30(22)20-39(4)19-25-8-10-26(11-9-25)33(44)45/h8-13,17,22-24,30,41H,5-7,14-16,18-21H2,1-4H3,(H,38,42)(H,44,45)/t22-,23-,24+,30+/m0/s1. The molecule has 4 atom stereocenters. The normalized spacial score (nSPS) is 20.6. The van der Waals surface area contributed by atoms with Gasteiger partial charge in [0.2, 0.25) is 5.91 Å². The van der Waals surface area contributed by atoms with Crippen molar-refractivity contribution in [1.29, 1.82) is 0 Å². The third-order valence-electron chi connectivity index (χ3n) is 8.12. The van der Waals surface area contributed by atoms with Gasteiger partial charge in [-0.15, -0.1) is 0 Å². The zero-order valence-electron chi connectivity index (χ0n) is 27.4. The van der Waals surface area contributed by atoms with Gasteiger partial charge < -0.3 is 29.9 Å². The number of benzene rings is 2. The van der Waals surface area contributed by atoms with Crippen LogP contribution in [0.4, 0.5) is 18.9 Å². The zero-order valence-corrected chi connectivity index (χ0v) is 27.4. The number of amides is 2. The highest BCUT2D eigenvalue weighted by molar-refractivity contribution is 5.99. The van der Waals surface area contributed by atoms with E-state index in [1.807, 2.05) is 20.9 Å². The van der Waals surface area contributed by atoms with Gasteiger partial charge in [-0.1, -0.05) is 19.1 Å². The van der Waals surface area contributed by atoms with E-state index in [1.165, 1.54) is 23.1 Å². The number of carbonyl (C=O) groups excluding carboxylic acids is 2. The number of nitrogens with zero attached hydrogens (tertiary/aromatic N) is 2. The number of hydrogen-bond acceptors (Lipinski definition) is 7. The van der Waals surface area contributed by atoms with E-state index in [9.17, 15) is 37.8 Å². The van der Waals surface area contributed by atoms with Crippen molar-refractivity contribution in [3.8, 4) is 5.75 Å². The highest BCUT2D eigenvalue weighted by Gasteiger charge is 2.31. The lowest BCUT2D eigenvalue weighted by atomic mass is 10.0. The van der Waals surface area contributed by atoms with Gasteiger partial charge >= 0.3 is 12.1 Å². The monoisotopic (exact) mass is 665 g/mol. The highest BCUT2D eigenvalue weighted by atomic mass is 19.4. The fraction of sp³-hybridized carbons (Fsp3) is 0.559. The van der Waals surface area contributed by atoms with E-state index >= 15 is 0 Å². The molecule has 1 heterocycles. The number of carboxylic acids is 1. The van der Waals surface area contributed by atoms with Crippen LogP contribution in [-0.2, 0) is 16.1 Å². The highest BCUT2D eigenvalue weighted by Crippen LogP contribution is 2.29. The van der Waals surface area contributed by atoms with Crippen molar-refractivity contribution in [2.45, 2.75) is 83.8 Å². The third kappa shape index (κ3) is 12.1. The minimum Gasteiger partial charge on any atom is -0.490 e. The number of rotatable bonds is 10. The molecule has 2 amide bonds. The summed E-state index contributed by atoms with van der Waals surface area (Å²) in [7, 11) is 1.94. The predicted molar refractivity (Wildman–Crippen MR) is 171 cm³/mol. The quantitative estimate of drug-likeness (QED) is 0.300. The average Bonchev–Trinajstić information content (AvgIpc) is 3.01. The molecular weight excluding hydrogens is 619 g/mol. The van der Waals surface area contributed by atoms with Gasteiger partial charge in [-0.25, -0.2) is 4.79 Å². The lowest BCUT2D eigenvalue weighted by Gasteiger charge is -2.36. The molecule has 1 aliphatic heterocycles. The topological polar surface area (TPSA) is 129 Å². The summed E-state index contributed by atoms with van der Waals surface area (Å²) >= 11 is 0. The van der Waals surface area contributed by atoms with Gasteiger partial charge in [0.15, 0.2) is 0 Å². The summed E-state index contributed by atoms with van der Waals surface area (Å²) < 4.78 is 50.5. The van der Waals surface area contributed by atoms with E-state index in [2.05, 4.69) is 10.2 Å². The van der Waals surface area contributed by atoms with Crippen LogP contribution in [-0.4, -0.2) is 95.6 Å². The molecule has 3 rings (SSSR count). The van der Waals surface area contributed by atoms with Gasteiger partial charge in [0.05, 0.1) is 42.4 Å². The van der Waals surface area contributed by atoms with E-state index in [1.54, 1.807) is 31.2 Å². The van der Waals surface area contributed by atoms with E-state index in [0.717, 1.165) is 18.4 Å². The lowest BCUT2D eigenvalue weighted by Crippen LogP contribution is -2.47. The van der Waals surface area contributed by atoms with E-state index in [4.69, 9.17) is 9.47 Å². The molecule has 0 bridgehead atoms. The molecule has 0 radical (unpaired) electrons. The Bertz CT molecular complexity index is 1340. The Morgan fingerprint density at radius 3 is 2.47 bits per heavy atom. The number of alkyl halides is 3. The molecular formula is C34H46F3N3O7. The van der Waals surface area contributed by atoms with Gasteiger partial charge in [0.1, 0.15) is 5.75 Å². The third-order valence-corrected chi connectivity index (χ3v) is 8.12. The number of ether oxygens (including phenoxy) is 2. The molecule has 260 valence electrons. The van der Waals surface area contributed by atoms with Crippen molar-refractivity contribution in [2.24, 2.45) is 5.92 Å². The number of hydrogen-bond donors (Lipinski definition) is 3. The maximum atomic E-state index is 14.2. The van der Waals surface area contributed by atoms with Crippen LogP contribution in [0, 0.1) is 5.92 Å². The molecule has 1 aliphatic rings. The Morgan fingerprint density at radius 1 is 1.13 bits per heavy atom. The first kappa shape index (κ1) is 37.8. The SMILES string of the molecule is C[C@@H]1CCCCO[C@H](CN(C)Cc2ccc(C(=O)O)cc2)[C@@H](C)CN([C@@H](C)CO)C(=O)c2cc(NC(=O)CCC(F)(F)F)ccc2O1. The summed E-state index contributed by atoms with van der Waals surface area (Å²) in [4.78, 5) is 41.3. The summed E-state index contributed by atoms with van der Waals surface area (Å²) in [5, 5.41) is 21.8. The Hall–Kier alpha value is -3.68. The molecule has 0 aliphatic carbocycles. The van der Waals surface area contributed by atoms with Crippen LogP contribution in [0.5, 0.6) is 5.75 Å². The molecule has 0 saturated heterocycles. The fourth-order valence-corrected chi connectivity index (χ4v) is 5.38. The van der Waals surface area contributed by atoms with Crippen LogP contribution in [0.3, 0.4) is 0 Å². The number of aliphatic hydroxyl groups is 1. The van der Waals surface area contributed by atoms with E-state index in [-0.39, 0.29) is 53.8 Å². The first-order valence-electron chi connectivity index (χ1n) is 15.9. The van der Waals surface area contributed by atoms with Crippen molar-refractivity contribution in [3.63, 3.8) is 0 Å². The second kappa shape index (κ2) is 17.5. The first-order valence-corrected chi connectivity index (χ1v) is 15.9. The maximum Gasteiger partial charge on any atom is 0.389 e. The van der Waals surface area contributed by atoms with Gasteiger partial charge in [0.25, 0.3) is 5.91 Å². The Morgan fingerprint density at radius 2 is 1.83 bits per heavy atom. The Labute approximate surface area is 273 Å². The smallest absolute Gasteiger partial charge is 0.389 e.